The maximum atomic E-state index is 12.1. The lowest BCUT2D eigenvalue weighted by Crippen LogP contribution is -2.51. The molecule has 1 heterocycles. The number of carbonyl (C=O) groups is 1. The number of anilines is 1. The van der Waals surface area contributed by atoms with Gasteiger partial charge in [0.1, 0.15) is 0 Å². The van der Waals surface area contributed by atoms with Gasteiger partial charge in [0, 0.05) is 24.7 Å². The average molecular weight is 258 g/mol. The average Bonchev–Trinajstić information content (AvgIpc) is 2.43. The number of benzene rings is 1. The molecule has 0 unspecified atom stereocenters. The number of nitrogens with two attached hydrogens (primary N) is 1. The Bertz CT molecular complexity index is 498. The molecule has 1 amide bonds. The summed E-state index contributed by atoms with van der Waals surface area (Å²) in [6.45, 7) is 2.90. The Balaban J connectivity index is 1.89. The zero-order valence-corrected chi connectivity index (χ0v) is 11.6. The first-order chi connectivity index (χ1) is 9.19. The number of nitrogen functional groups attached to an aromatic ring is 1. The molecule has 1 saturated heterocycles. The molecule has 0 spiro atoms. The zero-order valence-electron chi connectivity index (χ0n) is 11.6. The number of rotatable bonds is 1. The van der Waals surface area contributed by atoms with E-state index < -0.39 is 0 Å². The maximum Gasteiger partial charge on any atom is 0.222 e. The van der Waals surface area contributed by atoms with E-state index in [1.807, 2.05) is 13.0 Å². The molecule has 19 heavy (non-hydrogen) atoms. The van der Waals surface area contributed by atoms with E-state index in [-0.39, 0.29) is 0 Å². The SMILES string of the molecule is CCC(=O)N1CCC[C@@H]2Cc3cc(N)ccc3C[C@H]21. The minimum absolute atomic E-state index is 0.314. The monoisotopic (exact) mass is 258 g/mol. The Hall–Kier alpha value is -1.51. The third-order valence-electron chi connectivity index (χ3n) is 4.68. The summed E-state index contributed by atoms with van der Waals surface area (Å²) in [5.74, 6) is 0.937. The maximum absolute atomic E-state index is 12.1. The summed E-state index contributed by atoms with van der Waals surface area (Å²) >= 11 is 0. The van der Waals surface area contributed by atoms with Crippen molar-refractivity contribution in [2.24, 2.45) is 5.92 Å². The first-order valence-electron chi connectivity index (χ1n) is 7.35. The molecule has 3 nitrogen and oxygen atoms in total. The summed E-state index contributed by atoms with van der Waals surface area (Å²) < 4.78 is 0. The molecule has 1 aliphatic carbocycles. The number of likely N-dealkylation sites (tertiary alicyclic amines) is 1. The molecule has 102 valence electrons. The van der Waals surface area contributed by atoms with Crippen LogP contribution in [0.3, 0.4) is 0 Å². The van der Waals surface area contributed by atoms with Crippen LogP contribution in [0.15, 0.2) is 18.2 Å². The van der Waals surface area contributed by atoms with Crippen LogP contribution in [-0.4, -0.2) is 23.4 Å². The number of fused-ring (bicyclic) bond motifs is 2. The highest BCUT2D eigenvalue weighted by molar-refractivity contribution is 5.76. The van der Waals surface area contributed by atoms with Crippen molar-refractivity contribution in [3.8, 4) is 0 Å². The molecule has 2 N–H and O–H groups in total. The van der Waals surface area contributed by atoms with Gasteiger partial charge in [-0.3, -0.25) is 4.79 Å². The van der Waals surface area contributed by atoms with Crippen molar-refractivity contribution >= 4 is 11.6 Å². The lowest BCUT2D eigenvalue weighted by Gasteiger charge is -2.44. The van der Waals surface area contributed by atoms with Crippen molar-refractivity contribution in [1.29, 1.82) is 0 Å². The zero-order chi connectivity index (χ0) is 13.4. The summed E-state index contributed by atoms with van der Waals surface area (Å²) in [6, 6.07) is 6.65. The molecule has 1 aromatic carbocycles. The van der Waals surface area contributed by atoms with Crippen LogP contribution < -0.4 is 5.73 Å². The fraction of sp³-hybridized carbons (Fsp3) is 0.562. The van der Waals surface area contributed by atoms with E-state index in [0.717, 1.165) is 31.5 Å². The Morgan fingerprint density at radius 2 is 2.21 bits per heavy atom. The van der Waals surface area contributed by atoms with Gasteiger partial charge in [-0.25, -0.2) is 0 Å². The van der Waals surface area contributed by atoms with Crippen LogP contribution in [0.4, 0.5) is 5.69 Å². The van der Waals surface area contributed by atoms with Crippen molar-refractivity contribution in [3.05, 3.63) is 29.3 Å². The normalized spacial score (nSPS) is 25.6. The van der Waals surface area contributed by atoms with Gasteiger partial charge in [0.2, 0.25) is 5.91 Å². The fourth-order valence-corrected chi connectivity index (χ4v) is 3.71. The van der Waals surface area contributed by atoms with Crippen molar-refractivity contribution in [3.63, 3.8) is 0 Å². The number of hydrogen-bond donors (Lipinski definition) is 1. The van der Waals surface area contributed by atoms with Crippen LogP contribution >= 0.6 is 0 Å². The molecule has 0 aromatic heterocycles. The number of carbonyl (C=O) groups excluding carboxylic acids is 1. The van der Waals surface area contributed by atoms with E-state index in [4.69, 9.17) is 5.73 Å². The Morgan fingerprint density at radius 1 is 1.37 bits per heavy atom. The highest BCUT2D eigenvalue weighted by Crippen LogP contribution is 2.35. The van der Waals surface area contributed by atoms with Crippen molar-refractivity contribution in [2.45, 2.75) is 45.1 Å². The third kappa shape index (κ3) is 2.22. The second kappa shape index (κ2) is 4.87. The molecular formula is C16H22N2O. The van der Waals surface area contributed by atoms with E-state index in [9.17, 15) is 4.79 Å². The van der Waals surface area contributed by atoms with Crippen LogP contribution in [0, 0.1) is 5.92 Å². The van der Waals surface area contributed by atoms with Gasteiger partial charge in [-0.2, -0.15) is 0 Å². The molecule has 3 rings (SSSR count). The van der Waals surface area contributed by atoms with Crippen LogP contribution in [0.5, 0.6) is 0 Å². The van der Waals surface area contributed by atoms with Gasteiger partial charge in [0.15, 0.2) is 0 Å². The number of nitrogens with zero attached hydrogens (tertiary/aromatic N) is 1. The first-order valence-corrected chi connectivity index (χ1v) is 7.35. The largest absolute Gasteiger partial charge is 0.399 e. The summed E-state index contributed by atoms with van der Waals surface area (Å²) in [4.78, 5) is 14.2. The van der Waals surface area contributed by atoms with Crippen molar-refractivity contribution in [1.82, 2.24) is 4.90 Å². The summed E-state index contributed by atoms with van der Waals surface area (Å²) in [6.07, 6.45) is 5.10. The molecule has 2 atom stereocenters. The van der Waals surface area contributed by atoms with Gasteiger partial charge in [-0.15, -0.1) is 0 Å². The van der Waals surface area contributed by atoms with Gasteiger partial charge in [-0.1, -0.05) is 13.0 Å². The van der Waals surface area contributed by atoms with E-state index in [1.165, 1.54) is 17.5 Å². The minimum Gasteiger partial charge on any atom is -0.399 e. The van der Waals surface area contributed by atoms with Gasteiger partial charge in [0.05, 0.1) is 0 Å². The van der Waals surface area contributed by atoms with Gasteiger partial charge in [-0.05, 0) is 54.9 Å². The second-order valence-corrected chi connectivity index (χ2v) is 5.85. The highest BCUT2D eigenvalue weighted by atomic mass is 16.2. The highest BCUT2D eigenvalue weighted by Gasteiger charge is 2.36. The molecule has 2 aliphatic rings. The van der Waals surface area contributed by atoms with Crippen LogP contribution in [0.25, 0.3) is 0 Å². The van der Waals surface area contributed by atoms with Gasteiger partial charge >= 0.3 is 0 Å². The van der Waals surface area contributed by atoms with E-state index >= 15 is 0 Å². The van der Waals surface area contributed by atoms with Crippen molar-refractivity contribution < 1.29 is 4.79 Å². The second-order valence-electron chi connectivity index (χ2n) is 5.85. The smallest absolute Gasteiger partial charge is 0.222 e. The fourth-order valence-electron chi connectivity index (χ4n) is 3.71. The molecule has 0 radical (unpaired) electrons. The molecule has 0 bridgehead atoms. The summed E-state index contributed by atoms with van der Waals surface area (Å²) in [7, 11) is 0. The van der Waals surface area contributed by atoms with Gasteiger partial charge < -0.3 is 10.6 Å². The lowest BCUT2D eigenvalue weighted by molar-refractivity contribution is -0.136. The summed E-state index contributed by atoms with van der Waals surface area (Å²) in [5.41, 5.74) is 9.51. The topological polar surface area (TPSA) is 46.3 Å². The number of amides is 1. The molecule has 1 fully saturated rings. The predicted octanol–water partition coefficient (Wildman–Crippen LogP) is 2.38. The van der Waals surface area contributed by atoms with E-state index in [2.05, 4.69) is 17.0 Å². The molecular weight excluding hydrogens is 236 g/mol. The molecule has 1 aliphatic heterocycles. The standard InChI is InChI=1S/C16H22N2O/c1-2-16(19)18-7-3-4-12-8-13-9-14(17)6-5-11(13)10-15(12)18/h5-6,9,12,15H,2-4,7-8,10,17H2,1H3/t12-,15-/m1/s1. The quantitative estimate of drug-likeness (QED) is 0.786. The molecule has 1 aromatic rings. The van der Waals surface area contributed by atoms with Crippen LogP contribution in [0.2, 0.25) is 0 Å². The van der Waals surface area contributed by atoms with E-state index in [1.54, 1.807) is 0 Å². The number of piperidine rings is 1. The minimum atomic E-state index is 0.314. The Kier molecular flexibility index (Phi) is 3.21. The van der Waals surface area contributed by atoms with Crippen LogP contribution in [0.1, 0.15) is 37.3 Å². The lowest BCUT2D eigenvalue weighted by atomic mass is 9.75. The molecule has 0 saturated carbocycles. The van der Waals surface area contributed by atoms with Crippen LogP contribution in [-0.2, 0) is 17.6 Å². The van der Waals surface area contributed by atoms with Gasteiger partial charge in [0.25, 0.3) is 0 Å². The van der Waals surface area contributed by atoms with E-state index in [0.29, 0.717) is 24.3 Å². The predicted molar refractivity (Wildman–Crippen MR) is 76.8 cm³/mol. The van der Waals surface area contributed by atoms with Crippen molar-refractivity contribution in [2.75, 3.05) is 12.3 Å². The summed E-state index contributed by atoms with van der Waals surface area (Å²) in [5, 5.41) is 0. The Labute approximate surface area is 114 Å². The third-order valence-corrected chi connectivity index (χ3v) is 4.68. The molecule has 3 heteroatoms. The Morgan fingerprint density at radius 3 is 3.00 bits per heavy atom. The first kappa shape index (κ1) is 12.5. The number of hydrogen-bond acceptors (Lipinski definition) is 2.